The van der Waals surface area contributed by atoms with Gasteiger partial charge in [-0.05, 0) is 61.6 Å². The minimum Gasteiger partial charge on any atom is -0.347 e. The van der Waals surface area contributed by atoms with Gasteiger partial charge in [0.25, 0.3) is 5.91 Å². The number of nitrogens with zero attached hydrogens (tertiary/aromatic N) is 2. The molecular weight excluding hydrogens is 510 g/mol. The van der Waals surface area contributed by atoms with E-state index < -0.39 is 0 Å². The molecule has 202 valence electrons. The minimum absolute atomic E-state index is 0.00501. The molecule has 0 spiro atoms. The van der Waals surface area contributed by atoms with Crippen molar-refractivity contribution in [2.75, 3.05) is 24.5 Å². The Morgan fingerprint density at radius 3 is 2.74 bits per heavy atom. The second-order valence-corrected chi connectivity index (χ2v) is 11.7. The molecule has 4 aliphatic heterocycles. The normalized spacial score (nSPS) is 26.1. The lowest BCUT2D eigenvalue weighted by molar-refractivity contribution is -0.128. The third kappa shape index (κ3) is 4.74. The number of nitrogens with one attached hydrogen (secondary N) is 3. The van der Waals surface area contributed by atoms with Crippen molar-refractivity contribution in [3.05, 3.63) is 77.4 Å². The molecule has 0 bridgehead atoms. The van der Waals surface area contributed by atoms with Gasteiger partial charge in [-0.3, -0.25) is 14.5 Å². The summed E-state index contributed by atoms with van der Waals surface area (Å²) < 4.78 is 0. The van der Waals surface area contributed by atoms with Crippen LogP contribution >= 0.6 is 11.8 Å². The Labute approximate surface area is 232 Å². The van der Waals surface area contributed by atoms with E-state index in [9.17, 15) is 14.4 Å². The van der Waals surface area contributed by atoms with Crippen molar-refractivity contribution in [1.29, 1.82) is 0 Å². The fourth-order valence-electron chi connectivity index (χ4n) is 6.26. The van der Waals surface area contributed by atoms with Crippen molar-refractivity contribution in [2.24, 2.45) is 5.92 Å². The van der Waals surface area contributed by atoms with Gasteiger partial charge < -0.3 is 20.9 Å². The minimum atomic E-state index is -0.201. The molecule has 4 amide bonds. The van der Waals surface area contributed by atoms with Crippen LogP contribution in [0.15, 0.2) is 71.8 Å². The van der Waals surface area contributed by atoms with Crippen LogP contribution in [0.4, 0.5) is 10.5 Å². The number of carbonyl (C=O) groups is 3. The van der Waals surface area contributed by atoms with E-state index in [1.54, 1.807) is 4.90 Å². The Morgan fingerprint density at radius 2 is 1.95 bits per heavy atom. The first kappa shape index (κ1) is 25.7. The third-order valence-electron chi connectivity index (χ3n) is 8.17. The maximum atomic E-state index is 13.7. The van der Waals surface area contributed by atoms with E-state index in [1.807, 2.05) is 30.0 Å². The second kappa shape index (κ2) is 10.5. The zero-order chi connectivity index (χ0) is 27.1. The van der Waals surface area contributed by atoms with E-state index in [1.165, 1.54) is 17.8 Å². The predicted molar refractivity (Wildman–Crippen MR) is 154 cm³/mol. The van der Waals surface area contributed by atoms with Gasteiger partial charge in [-0.1, -0.05) is 60.8 Å². The Morgan fingerprint density at radius 1 is 1.13 bits per heavy atom. The van der Waals surface area contributed by atoms with Crippen molar-refractivity contribution in [1.82, 2.24) is 20.9 Å². The first-order valence-corrected chi connectivity index (χ1v) is 14.4. The maximum Gasteiger partial charge on any atom is 0.326 e. The number of anilines is 1. The first-order valence-electron chi connectivity index (χ1n) is 13.6. The molecule has 4 heterocycles. The summed E-state index contributed by atoms with van der Waals surface area (Å²) in [5, 5.41) is 9.82. The van der Waals surface area contributed by atoms with Crippen LogP contribution in [-0.4, -0.2) is 59.8 Å². The van der Waals surface area contributed by atoms with Crippen molar-refractivity contribution < 1.29 is 14.4 Å². The quantitative estimate of drug-likeness (QED) is 0.500. The van der Waals surface area contributed by atoms with Gasteiger partial charge in [-0.2, -0.15) is 0 Å². The number of hydrogen-bond donors (Lipinski definition) is 3. The van der Waals surface area contributed by atoms with Gasteiger partial charge in [-0.15, -0.1) is 0 Å². The van der Waals surface area contributed by atoms with Crippen LogP contribution in [0.1, 0.15) is 24.8 Å². The molecule has 2 aromatic carbocycles. The maximum absolute atomic E-state index is 13.7. The summed E-state index contributed by atoms with van der Waals surface area (Å²) in [5.41, 5.74) is 4.81. The van der Waals surface area contributed by atoms with E-state index in [0.717, 1.165) is 48.2 Å². The number of amides is 4. The van der Waals surface area contributed by atoms with Gasteiger partial charge in [0.15, 0.2) is 0 Å². The van der Waals surface area contributed by atoms with Crippen molar-refractivity contribution in [3.63, 3.8) is 0 Å². The number of aryl methyl sites for hydroxylation is 1. The monoisotopic (exact) mass is 543 g/mol. The lowest BCUT2D eigenvalue weighted by Gasteiger charge is -2.46. The molecule has 3 saturated heterocycles. The molecule has 4 aliphatic rings. The van der Waals surface area contributed by atoms with Crippen LogP contribution in [0, 0.1) is 12.8 Å². The van der Waals surface area contributed by atoms with Crippen molar-refractivity contribution >= 4 is 35.3 Å². The summed E-state index contributed by atoms with van der Waals surface area (Å²) in [5.74, 6) is -0.318. The largest absolute Gasteiger partial charge is 0.347 e. The molecular formula is C30H33N5O3S. The molecule has 6 rings (SSSR count). The average Bonchev–Trinajstić information content (AvgIpc) is 3.33. The lowest BCUT2D eigenvalue weighted by Crippen LogP contribution is -2.62. The number of thioether (sulfide) groups is 1. The zero-order valence-corrected chi connectivity index (χ0v) is 22.8. The van der Waals surface area contributed by atoms with Gasteiger partial charge in [0.05, 0.1) is 16.3 Å². The molecule has 0 aromatic heterocycles. The summed E-state index contributed by atoms with van der Waals surface area (Å²) in [6, 6.07) is 16.1. The SMILES string of the molecule is C=CC(=O)N1CCC[C@@H](NC(=O)C2=C3NC(=O)N(c4cc(-c5ccccc5)ccc4C)C4CCNC(S2)C34)C1. The van der Waals surface area contributed by atoms with E-state index >= 15 is 0 Å². The molecule has 2 aromatic rings. The summed E-state index contributed by atoms with van der Waals surface area (Å²) in [7, 11) is 0. The zero-order valence-electron chi connectivity index (χ0n) is 22.0. The second-order valence-electron chi connectivity index (χ2n) is 10.6. The molecule has 3 N–H and O–H groups in total. The highest BCUT2D eigenvalue weighted by molar-refractivity contribution is 8.04. The van der Waals surface area contributed by atoms with Crippen molar-refractivity contribution in [2.45, 2.75) is 43.6 Å². The highest BCUT2D eigenvalue weighted by Crippen LogP contribution is 2.48. The number of likely N-dealkylation sites (tertiary alicyclic amines) is 1. The summed E-state index contributed by atoms with van der Waals surface area (Å²) >= 11 is 1.50. The topological polar surface area (TPSA) is 93.8 Å². The van der Waals surface area contributed by atoms with Gasteiger partial charge in [0.2, 0.25) is 5.91 Å². The fraction of sp³-hybridized carbons (Fsp3) is 0.367. The van der Waals surface area contributed by atoms with Gasteiger partial charge >= 0.3 is 6.03 Å². The molecule has 9 heteroatoms. The Bertz CT molecular complexity index is 1360. The molecule has 0 saturated carbocycles. The summed E-state index contributed by atoms with van der Waals surface area (Å²) in [4.78, 5) is 43.5. The highest BCUT2D eigenvalue weighted by Gasteiger charge is 2.52. The first-order chi connectivity index (χ1) is 18.9. The summed E-state index contributed by atoms with van der Waals surface area (Å²) in [6.07, 6.45) is 3.75. The fourth-order valence-corrected chi connectivity index (χ4v) is 7.66. The number of rotatable bonds is 5. The third-order valence-corrected chi connectivity index (χ3v) is 9.52. The van der Waals surface area contributed by atoms with Crippen LogP contribution in [0.3, 0.4) is 0 Å². The highest BCUT2D eigenvalue weighted by atomic mass is 32.2. The Balaban J connectivity index is 1.27. The van der Waals surface area contributed by atoms with Crippen LogP contribution in [-0.2, 0) is 9.59 Å². The van der Waals surface area contributed by atoms with E-state index in [0.29, 0.717) is 23.7 Å². The average molecular weight is 544 g/mol. The molecule has 3 unspecified atom stereocenters. The van der Waals surface area contributed by atoms with Crippen molar-refractivity contribution in [3.8, 4) is 11.1 Å². The van der Waals surface area contributed by atoms with Crippen LogP contribution in [0.5, 0.6) is 0 Å². The van der Waals surface area contributed by atoms with Crippen LogP contribution in [0.25, 0.3) is 11.1 Å². The van der Waals surface area contributed by atoms with E-state index in [4.69, 9.17) is 0 Å². The number of benzene rings is 2. The lowest BCUT2D eigenvalue weighted by atomic mass is 9.86. The number of piperidine rings is 2. The number of hydrogen-bond acceptors (Lipinski definition) is 5. The Kier molecular flexibility index (Phi) is 6.95. The van der Waals surface area contributed by atoms with Crippen LogP contribution < -0.4 is 20.9 Å². The molecule has 4 atom stereocenters. The number of urea groups is 1. The standard InChI is InChI=1S/C30H33N5O3S/c1-3-24(36)34-15-7-10-21(17-34)32-28(37)27-26-25-22(13-14-31-29(25)39-27)35(30(38)33-26)23-16-20(12-11-18(23)2)19-8-5-4-6-9-19/h3-6,8-9,11-12,16,21-22,25,29,31H,1,7,10,13-15,17H2,2H3,(H,32,37)(H,33,38)/t21-,22?,25?,29?/m1/s1. The van der Waals surface area contributed by atoms with E-state index in [2.05, 4.69) is 52.9 Å². The molecule has 3 fully saturated rings. The molecule has 39 heavy (non-hydrogen) atoms. The van der Waals surface area contributed by atoms with E-state index in [-0.39, 0.29) is 41.2 Å². The predicted octanol–water partition coefficient (Wildman–Crippen LogP) is 3.75. The summed E-state index contributed by atoms with van der Waals surface area (Å²) in [6.45, 7) is 7.52. The smallest absolute Gasteiger partial charge is 0.326 e. The van der Waals surface area contributed by atoms with Crippen LogP contribution in [0.2, 0.25) is 0 Å². The molecule has 0 aliphatic carbocycles. The molecule has 0 radical (unpaired) electrons. The molecule has 8 nitrogen and oxygen atoms in total. The van der Waals surface area contributed by atoms with Gasteiger partial charge in [0.1, 0.15) is 0 Å². The van der Waals surface area contributed by atoms with Gasteiger partial charge in [-0.25, -0.2) is 4.79 Å². The Hall–Kier alpha value is -3.56. The van der Waals surface area contributed by atoms with Gasteiger partial charge in [0, 0.05) is 36.4 Å². The number of carbonyl (C=O) groups excluding carboxylic acids is 3.